The normalized spacial score (nSPS) is 19.8. The molecule has 2 aromatic carbocycles. The minimum Gasteiger partial charge on any atom is -0.408 e. The van der Waals surface area contributed by atoms with Gasteiger partial charge in [-0.15, -0.1) is 0 Å². The lowest BCUT2D eigenvalue weighted by atomic mass is 9.94. The summed E-state index contributed by atoms with van der Waals surface area (Å²) < 4.78 is 34.2. The lowest BCUT2D eigenvalue weighted by molar-refractivity contribution is -0.116. The Kier molecular flexibility index (Phi) is 6.15. The van der Waals surface area contributed by atoms with Gasteiger partial charge in [0.25, 0.3) is 0 Å². The molecule has 0 bridgehead atoms. The van der Waals surface area contributed by atoms with Crippen LogP contribution in [0.2, 0.25) is 5.02 Å². The molecule has 0 aliphatic carbocycles. The molecule has 0 radical (unpaired) electrons. The van der Waals surface area contributed by atoms with Gasteiger partial charge in [0.05, 0.1) is 10.4 Å². The molecule has 1 amide bonds. The molecule has 170 valence electrons. The number of benzene rings is 2. The van der Waals surface area contributed by atoms with Gasteiger partial charge in [0.2, 0.25) is 15.9 Å². The Morgan fingerprint density at radius 1 is 1.12 bits per heavy atom. The van der Waals surface area contributed by atoms with Crippen LogP contribution in [0.1, 0.15) is 20.3 Å². The van der Waals surface area contributed by atoms with Crippen molar-refractivity contribution >= 4 is 44.3 Å². The van der Waals surface area contributed by atoms with Crippen molar-refractivity contribution in [2.24, 2.45) is 11.8 Å². The van der Waals surface area contributed by atoms with E-state index in [9.17, 15) is 18.0 Å². The fourth-order valence-electron chi connectivity index (χ4n) is 4.19. The van der Waals surface area contributed by atoms with Crippen LogP contribution < -0.4 is 11.1 Å². The highest BCUT2D eigenvalue weighted by Gasteiger charge is 2.32. The summed E-state index contributed by atoms with van der Waals surface area (Å²) in [6.07, 6.45) is 0.987. The summed E-state index contributed by atoms with van der Waals surface area (Å²) in [5.41, 5.74) is 1.01. The van der Waals surface area contributed by atoms with Gasteiger partial charge in [-0.25, -0.2) is 13.2 Å². The average molecular weight is 478 g/mol. The number of sulfonamides is 1. The summed E-state index contributed by atoms with van der Waals surface area (Å²) in [5.74, 6) is -0.614. The summed E-state index contributed by atoms with van der Waals surface area (Å²) >= 11 is 5.84. The zero-order valence-electron chi connectivity index (χ0n) is 17.7. The van der Waals surface area contributed by atoms with Crippen molar-refractivity contribution in [2.45, 2.75) is 31.7 Å². The molecule has 1 fully saturated rings. The van der Waals surface area contributed by atoms with Crippen LogP contribution in [-0.4, -0.2) is 36.3 Å². The number of amides is 1. The first-order valence-electron chi connectivity index (χ1n) is 10.3. The third kappa shape index (κ3) is 4.60. The zero-order valence-corrected chi connectivity index (χ0v) is 19.3. The first-order valence-corrected chi connectivity index (χ1v) is 12.1. The maximum Gasteiger partial charge on any atom is 0.420 e. The Balaban J connectivity index is 1.58. The Morgan fingerprint density at radius 2 is 1.78 bits per heavy atom. The molecule has 32 heavy (non-hydrogen) atoms. The third-order valence-corrected chi connectivity index (χ3v) is 7.62. The SMILES string of the molecule is C[C@H]1C[C@H](C)CN(S(=O)(=O)c2ccc3c(c2)oc(=O)n3CC(=O)Nc2ccc(Cl)cc2)C1. The lowest BCUT2D eigenvalue weighted by Gasteiger charge is -2.34. The van der Waals surface area contributed by atoms with E-state index in [1.165, 1.54) is 27.1 Å². The molecule has 0 spiro atoms. The highest BCUT2D eigenvalue weighted by Crippen LogP contribution is 2.28. The Morgan fingerprint density at radius 3 is 2.44 bits per heavy atom. The third-order valence-electron chi connectivity index (χ3n) is 5.54. The van der Waals surface area contributed by atoms with Crippen LogP contribution in [0.5, 0.6) is 0 Å². The van der Waals surface area contributed by atoms with Gasteiger partial charge in [-0.05, 0) is 54.7 Å². The van der Waals surface area contributed by atoms with Crippen LogP contribution in [0.4, 0.5) is 5.69 Å². The minimum absolute atomic E-state index is 0.0674. The summed E-state index contributed by atoms with van der Waals surface area (Å²) in [5, 5.41) is 3.23. The molecule has 2 heterocycles. The number of fused-ring (bicyclic) bond motifs is 1. The van der Waals surface area contributed by atoms with E-state index in [1.807, 2.05) is 13.8 Å². The van der Waals surface area contributed by atoms with Crippen molar-refractivity contribution in [3.8, 4) is 0 Å². The number of rotatable bonds is 5. The molecule has 0 unspecified atom stereocenters. The number of nitrogens with one attached hydrogen (secondary N) is 1. The maximum absolute atomic E-state index is 13.1. The average Bonchev–Trinajstić information content (AvgIpc) is 3.03. The fourth-order valence-corrected chi connectivity index (χ4v) is 6.01. The fraction of sp³-hybridized carbons (Fsp3) is 0.364. The molecular weight excluding hydrogens is 454 g/mol. The van der Waals surface area contributed by atoms with Gasteiger partial charge >= 0.3 is 5.76 Å². The molecule has 1 N–H and O–H groups in total. The summed E-state index contributed by atoms with van der Waals surface area (Å²) in [4.78, 5) is 24.8. The Labute approximate surface area is 190 Å². The maximum atomic E-state index is 13.1. The van der Waals surface area contributed by atoms with Crippen molar-refractivity contribution in [1.82, 2.24) is 8.87 Å². The lowest BCUT2D eigenvalue weighted by Crippen LogP contribution is -2.42. The van der Waals surface area contributed by atoms with Gasteiger partial charge in [-0.2, -0.15) is 4.31 Å². The number of hydrogen-bond acceptors (Lipinski definition) is 5. The van der Waals surface area contributed by atoms with E-state index >= 15 is 0 Å². The van der Waals surface area contributed by atoms with Gasteiger partial charge in [-0.1, -0.05) is 25.4 Å². The standard InChI is InChI=1S/C22H24ClN3O5S/c1-14-9-15(2)12-25(11-14)32(29,30)18-7-8-19-20(10-18)31-22(28)26(19)13-21(27)24-17-5-3-16(23)4-6-17/h3-8,10,14-15H,9,11-13H2,1-2H3,(H,24,27)/t14-,15-/m0/s1. The Hall–Kier alpha value is -2.62. The van der Waals surface area contributed by atoms with Crippen molar-refractivity contribution in [1.29, 1.82) is 0 Å². The number of anilines is 1. The van der Waals surface area contributed by atoms with Gasteiger partial charge in [0, 0.05) is 29.9 Å². The molecule has 1 aliphatic heterocycles. The van der Waals surface area contributed by atoms with Gasteiger partial charge in [0.1, 0.15) is 6.54 Å². The van der Waals surface area contributed by atoms with E-state index in [-0.39, 0.29) is 28.9 Å². The summed E-state index contributed by atoms with van der Waals surface area (Å²) in [7, 11) is -3.72. The zero-order chi connectivity index (χ0) is 23.0. The van der Waals surface area contributed by atoms with Gasteiger partial charge < -0.3 is 9.73 Å². The number of piperidine rings is 1. The molecule has 1 saturated heterocycles. The first kappa shape index (κ1) is 22.6. The smallest absolute Gasteiger partial charge is 0.408 e. The largest absolute Gasteiger partial charge is 0.420 e. The quantitative estimate of drug-likeness (QED) is 0.605. The van der Waals surface area contributed by atoms with Crippen molar-refractivity contribution in [3.63, 3.8) is 0 Å². The molecule has 0 saturated carbocycles. The van der Waals surface area contributed by atoms with E-state index < -0.39 is 21.7 Å². The van der Waals surface area contributed by atoms with Crippen LogP contribution in [-0.2, 0) is 21.4 Å². The first-order chi connectivity index (χ1) is 15.1. The summed E-state index contributed by atoms with van der Waals surface area (Å²) in [6.45, 7) is 4.72. The van der Waals surface area contributed by atoms with E-state index in [1.54, 1.807) is 24.3 Å². The molecule has 3 aromatic rings. The number of nitrogens with zero attached hydrogens (tertiary/aromatic N) is 2. The number of oxazole rings is 1. The predicted octanol–water partition coefficient (Wildman–Crippen LogP) is 3.55. The van der Waals surface area contributed by atoms with Crippen molar-refractivity contribution in [3.05, 3.63) is 58.0 Å². The van der Waals surface area contributed by atoms with Crippen LogP contribution in [0.15, 0.2) is 56.6 Å². The molecule has 10 heteroatoms. The van der Waals surface area contributed by atoms with Crippen LogP contribution in [0.25, 0.3) is 11.1 Å². The molecule has 2 atom stereocenters. The predicted molar refractivity (Wildman–Crippen MR) is 122 cm³/mol. The minimum atomic E-state index is -3.72. The highest BCUT2D eigenvalue weighted by atomic mass is 35.5. The monoisotopic (exact) mass is 477 g/mol. The van der Waals surface area contributed by atoms with Crippen LogP contribution in [0.3, 0.4) is 0 Å². The second-order valence-corrected chi connectivity index (χ2v) is 10.8. The summed E-state index contributed by atoms with van der Waals surface area (Å²) in [6, 6.07) is 10.9. The number of carbonyl (C=O) groups excluding carboxylic acids is 1. The molecular formula is C22H24ClN3O5S. The topological polar surface area (TPSA) is 102 Å². The molecule has 1 aliphatic rings. The van der Waals surface area contributed by atoms with E-state index in [0.717, 1.165) is 6.42 Å². The number of halogens is 1. The molecule has 4 rings (SSSR count). The van der Waals surface area contributed by atoms with Gasteiger partial charge in [-0.3, -0.25) is 9.36 Å². The van der Waals surface area contributed by atoms with Crippen molar-refractivity contribution < 1.29 is 17.6 Å². The number of hydrogen-bond donors (Lipinski definition) is 1. The van der Waals surface area contributed by atoms with E-state index in [0.29, 0.717) is 29.3 Å². The second kappa shape index (κ2) is 8.73. The highest BCUT2D eigenvalue weighted by molar-refractivity contribution is 7.89. The van der Waals surface area contributed by atoms with E-state index in [4.69, 9.17) is 16.0 Å². The number of carbonyl (C=O) groups is 1. The molecule has 8 nitrogen and oxygen atoms in total. The Bertz CT molecular complexity index is 1300. The second-order valence-electron chi connectivity index (χ2n) is 8.41. The number of aromatic nitrogens is 1. The van der Waals surface area contributed by atoms with Crippen LogP contribution >= 0.6 is 11.6 Å². The van der Waals surface area contributed by atoms with E-state index in [2.05, 4.69) is 5.32 Å². The van der Waals surface area contributed by atoms with Gasteiger partial charge in [0.15, 0.2) is 5.58 Å². The van der Waals surface area contributed by atoms with Crippen molar-refractivity contribution in [2.75, 3.05) is 18.4 Å². The van der Waals surface area contributed by atoms with Crippen LogP contribution in [0, 0.1) is 11.8 Å². The molecule has 1 aromatic heterocycles.